The third kappa shape index (κ3) is 4.10. The van der Waals surface area contributed by atoms with Gasteiger partial charge >= 0.3 is 21.8 Å². The van der Waals surface area contributed by atoms with Gasteiger partial charge in [0.1, 0.15) is 11.8 Å². The van der Waals surface area contributed by atoms with Crippen LogP contribution in [0.15, 0.2) is 18.2 Å². The molecule has 2 aliphatic carbocycles. The van der Waals surface area contributed by atoms with E-state index in [1.165, 1.54) is 6.07 Å². The first-order chi connectivity index (χ1) is 15.0. The Morgan fingerprint density at radius 1 is 1.09 bits per heavy atom. The van der Waals surface area contributed by atoms with Gasteiger partial charge < -0.3 is 4.18 Å². The number of alkyl halides is 6. The van der Waals surface area contributed by atoms with E-state index in [9.17, 15) is 43.2 Å². The molecule has 1 aromatic carbocycles. The molecular formula is C18H20F6N2O5S2. The third-order valence-corrected chi connectivity index (χ3v) is 9.55. The highest BCUT2D eigenvalue weighted by atomic mass is 32.2. The van der Waals surface area contributed by atoms with E-state index in [4.69, 9.17) is 0 Å². The Morgan fingerprint density at radius 2 is 1.67 bits per heavy atom. The van der Waals surface area contributed by atoms with E-state index in [-0.39, 0.29) is 25.3 Å². The fraction of sp³-hybridized carbons (Fsp3) is 0.667. The van der Waals surface area contributed by atoms with Gasteiger partial charge in [-0.1, -0.05) is 6.07 Å². The van der Waals surface area contributed by atoms with Crippen LogP contribution in [-0.4, -0.2) is 51.0 Å². The summed E-state index contributed by atoms with van der Waals surface area (Å²) in [5, 5.41) is 0. The number of hydrogen-bond donors (Lipinski definition) is 1. The summed E-state index contributed by atoms with van der Waals surface area (Å²) in [6.45, 7) is 0.390. The standard InChI is InChI=1S/C18H20F6N2O5S2/c1-10(17(19,20)21)26-9-16(25-33(26,29)30)13-3-4-14(16)7-12-8-15(5-2-11(12)6-13)31-32(27,28)18(22,23)24/h2,5,8,10,13-14,25H,3-4,6-7,9H2,1H3/t10?,13-,14+,16-/m1/s1. The van der Waals surface area contributed by atoms with Crippen molar-refractivity contribution in [2.75, 3.05) is 6.54 Å². The van der Waals surface area contributed by atoms with Crippen molar-refractivity contribution in [1.82, 2.24) is 9.03 Å². The van der Waals surface area contributed by atoms with Crippen LogP contribution >= 0.6 is 0 Å². The Balaban J connectivity index is 1.65. The zero-order chi connectivity index (χ0) is 24.6. The Kier molecular flexibility index (Phi) is 5.55. The van der Waals surface area contributed by atoms with Crippen molar-refractivity contribution in [2.45, 2.75) is 55.9 Å². The fourth-order valence-corrected chi connectivity index (χ4v) is 7.54. The highest BCUT2D eigenvalue weighted by Gasteiger charge is 2.62. The molecule has 2 bridgehead atoms. The molecule has 0 radical (unpaired) electrons. The van der Waals surface area contributed by atoms with Gasteiger partial charge in [0, 0.05) is 6.54 Å². The number of rotatable bonds is 3. The summed E-state index contributed by atoms with van der Waals surface area (Å²) >= 11 is 0. The number of nitrogens with one attached hydrogen (secondary N) is 1. The molecule has 1 aliphatic heterocycles. The Hall–Kier alpha value is -1.58. The van der Waals surface area contributed by atoms with Crippen LogP contribution in [-0.2, 0) is 33.2 Å². The molecule has 0 amide bonds. The molecule has 33 heavy (non-hydrogen) atoms. The third-order valence-electron chi connectivity index (χ3n) is 6.87. The van der Waals surface area contributed by atoms with Gasteiger partial charge in [-0.2, -0.15) is 52.2 Å². The summed E-state index contributed by atoms with van der Waals surface area (Å²) in [4.78, 5) is 0. The first-order valence-corrected chi connectivity index (χ1v) is 12.8. The summed E-state index contributed by atoms with van der Waals surface area (Å²) < 4.78 is 133. The molecule has 1 spiro atoms. The van der Waals surface area contributed by atoms with Gasteiger partial charge in [0.15, 0.2) is 0 Å². The van der Waals surface area contributed by atoms with Crippen molar-refractivity contribution >= 4 is 20.3 Å². The Morgan fingerprint density at radius 3 is 2.21 bits per heavy atom. The fourth-order valence-electron chi connectivity index (χ4n) is 5.17. The van der Waals surface area contributed by atoms with Crippen LogP contribution in [0.3, 0.4) is 0 Å². The van der Waals surface area contributed by atoms with Gasteiger partial charge in [-0.3, -0.25) is 0 Å². The molecule has 186 valence electrons. The number of hydrogen-bond acceptors (Lipinski definition) is 5. The summed E-state index contributed by atoms with van der Waals surface area (Å²) in [5.74, 6) is -1.31. The lowest BCUT2D eigenvalue weighted by molar-refractivity contribution is -0.166. The zero-order valence-corrected chi connectivity index (χ0v) is 18.7. The number of halogens is 6. The predicted octanol–water partition coefficient (Wildman–Crippen LogP) is 2.88. The maximum atomic E-state index is 13.3. The predicted molar refractivity (Wildman–Crippen MR) is 103 cm³/mol. The molecule has 0 aromatic heterocycles. The molecule has 15 heteroatoms. The minimum absolute atomic E-state index is 0.145. The number of nitrogens with zero attached hydrogens (tertiary/aromatic N) is 1. The minimum Gasteiger partial charge on any atom is -0.376 e. The van der Waals surface area contributed by atoms with Crippen molar-refractivity contribution in [1.29, 1.82) is 0 Å². The van der Waals surface area contributed by atoms with Crippen molar-refractivity contribution in [3.8, 4) is 5.75 Å². The topological polar surface area (TPSA) is 92.8 Å². The molecule has 1 heterocycles. The summed E-state index contributed by atoms with van der Waals surface area (Å²) in [7, 11) is -10.3. The van der Waals surface area contributed by atoms with Gasteiger partial charge in [0.05, 0.1) is 5.54 Å². The highest BCUT2D eigenvalue weighted by Crippen LogP contribution is 2.51. The molecule has 3 aliphatic rings. The lowest BCUT2D eigenvalue weighted by Crippen LogP contribution is -2.52. The summed E-state index contributed by atoms with van der Waals surface area (Å²) in [6, 6.07) is 1.41. The lowest BCUT2D eigenvalue weighted by atomic mass is 9.79. The molecule has 4 rings (SSSR count). The van der Waals surface area contributed by atoms with Crippen molar-refractivity contribution in [3.63, 3.8) is 0 Å². The van der Waals surface area contributed by atoms with E-state index in [1.54, 1.807) is 0 Å². The van der Waals surface area contributed by atoms with Gasteiger partial charge in [-0.25, -0.2) is 0 Å². The molecule has 1 unspecified atom stereocenters. The zero-order valence-electron chi connectivity index (χ0n) is 17.1. The quantitative estimate of drug-likeness (QED) is 0.375. The molecule has 1 saturated heterocycles. The molecule has 2 fully saturated rings. The summed E-state index contributed by atoms with van der Waals surface area (Å²) in [5.41, 5.74) is -5.65. The SMILES string of the molecule is CC(N1C[C@@]2(NS1(=O)=O)[C@@H]1CC[C@H]2Cc2cc(OS(=O)(=O)C(F)(F)F)ccc2C1)C(F)(F)F. The van der Waals surface area contributed by atoms with Gasteiger partial charge in [-0.05, 0) is 67.7 Å². The van der Waals surface area contributed by atoms with E-state index in [1.807, 2.05) is 0 Å². The van der Waals surface area contributed by atoms with E-state index in [2.05, 4.69) is 8.91 Å². The highest BCUT2D eigenvalue weighted by molar-refractivity contribution is 7.88. The van der Waals surface area contributed by atoms with E-state index in [0.29, 0.717) is 28.3 Å². The number of benzene rings is 1. The van der Waals surface area contributed by atoms with Crippen LogP contribution < -0.4 is 8.91 Å². The van der Waals surface area contributed by atoms with Crippen LogP contribution in [0.2, 0.25) is 0 Å². The van der Waals surface area contributed by atoms with Crippen LogP contribution in [0.1, 0.15) is 30.9 Å². The second-order valence-corrected chi connectivity index (χ2v) is 11.9. The van der Waals surface area contributed by atoms with Gasteiger partial charge in [0.25, 0.3) is 10.2 Å². The van der Waals surface area contributed by atoms with Crippen LogP contribution in [0.4, 0.5) is 26.3 Å². The second kappa shape index (κ2) is 7.46. The maximum Gasteiger partial charge on any atom is 0.534 e. The monoisotopic (exact) mass is 522 g/mol. The first kappa shape index (κ1) is 24.5. The van der Waals surface area contributed by atoms with Crippen LogP contribution in [0.25, 0.3) is 0 Å². The average molecular weight is 522 g/mol. The normalized spacial score (nSPS) is 30.8. The van der Waals surface area contributed by atoms with Crippen LogP contribution in [0, 0.1) is 11.8 Å². The van der Waals surface area contributed by atoms with Crippen molar-refractivity contribution < 1.29 is 47.4 Å². The molecule has 1 aromatic rings. The van der Waals surface area contributed by atoms with Crippen LogP contribution in [0.5, 0.6) is 5.75 Å². The minimum atomic E-state index is -5.87. The number of fused-ring (bicyclic) bond motifs is 1. The molecule has 1 saturated carbocycles. The van der Waals surface area contributed by atoms with Gasteiger partial charge in [0.2, 0.25) is 0 Å². The van der Waals surface area contributed by atoms with Gasteiger partial charge in [-0.15, -0.1) is 0 Å². The molecular weight excluding hydrogens is 502 g/mol. The largest absolute Gasteiger partial charge is 0.534 e. The van der Waals surface area contributed by atoms with E-state index in [0.717, 1.165) is 19.1 Å². The van der Waals surface area contributed by atoms with E-state index >= 15 is 0 Å². The lowest BCUT2D eigenvalue weighted by Gasteiger charge is -2.34. The molecule has 7 nitrogen and oxygen atoms in total. The second-order valence-electron chi connectivity index (χ2n) is 8.70. The first-order valence-electron chi connectivity index (χ1n) is 9.96. The molecule has 1 N–H and O–H groups in total. The van der Waals surface area contributed by atoms with Crippen molar-refractivity contribution in [3.05, 3.63) is 29.3 Å². The molecule has 4 atom stereocenters. The smallest absolute Gasteiger partial charge is 0.376 e. The van der Waals surface area contributed by atoms with Crippen molar-refractivity contribution in [2.24, 2.45) is 11.8 Å². The van der Waals surface area contributed by atoms with E-state index < -0.39 is 55.3 Å². The maximum absolute atomic E-state index is 13.3. The Labute approximate surface area is 186 Å². The average Bonchev–Trinajstić information content (AvgIpc) is 3.05. The Bertz CT molecular complexity index is 1170. The summed E-state index contributed by atoms with van der Waals surface area (Å²) in [6.07, 6.45) is -3.29.